The lowest BCUT2D eigenvalue weighted by atomic mass is 10.1. The van der Waals surface area contributed by atoms with Crippen LogP contribution in [0, 0.1) is 5.92 Å². The van der Waals surface area contributed by atoms with Crippen LogP contribution in [-0.4, -0.2) is 31.7 Å². The van der Waals surface area contributed by atoms with Gasteiger partial charge in [0.15, 0.2) is 11.5 Å². The van der Waals surface area contributed by atoms with Crippen LogP contribution in [0.5, 0.6) is 11.5 Å². The molecule has 0 spiro atoms. The number of carbonyl (C=O) groups excluding carboxylic acids is 1. The second-order valence-corrected chi connectivity index (χ2v) is 5.72. The fraction of sp³-hybridized carbons (Fsp3) is 0.562. The highest BCUT2D eigenvalue weighted by molar-refractivity contribution is 5.81. The first kappa shape index (κ1) is 15.6. The van der Waals surface area contributed by atoms with E-state index in [2.05, 4.69) is 24.5 Å². The average Bonchev–Trinajstić information content (AvgIpc) is 2.49. The summed E-state index contributed by atoms with van der Waals surface area (Å²) in [5.41, 5.74) is 1.07. The highest BCUT2D eigenvalue weighted by atomic mass is 16.6. The van der Waals surface area contributed by atoms with E-state index in [1.807, 2.05) is 25.1 Å². The molecule has 0 saturated carbocycles. The molecule has 2 rings (SSSR count). The van der Waals surface area contributed by atoms with Gasteiger partial charge in [0.05, 0.1) is 6.04 Å². The van der Waals surface area contributed by atoms with Crippen LogP contribution in [0.25, 0.3) is 0 Å². The number of hydrogen-bond acceptors (Lipinski definition) is 4. The molecule has 1 aliphatic heterocycles. The maximum atomic E-state index is 11.9. The van der Waals surface area contributed by atoms with Crippen LogP contribution < -0.4 is 20.1 Å². The topological polar surface area (TPSA) is 59.6 Å². The van der Waals surface area contributed by atoms with E-state index in [1.54, 1.807) is 0 Å². The van der Waals surface area contributed by atoms with Gasteiger partial charge < -0.3 is 20.1 Å². The minimum atomic E-state index is -0.225. The Labute approximate surface area is 126 Å². The predicted molar refractivity (Wildman–Crippen MR) is 81.6 cm³/mol. The van der Waals surface area contributed by atoms with E-state index >= 15 is 0 Å². The summed E-state index contributed by atoms with van der Waals surface area (Å²) in [6.07, 6.45) is 0. The van der Waals surface area contributed by atoms with Crippen LogP contribution in [0.3, 0.4) is 0 Å². The van der Waals surface area contributed by atoms with Gasteiger partial charge in [-0.2, -0.15) is 0 Å². The van der Waals surface area contributed by atoms with Crippen LogP contribution in [0.1, 0.15) is 26.3 Å². The molecule has 2 N–H and O–H groups in total. The Morgan fingerprint density at radius 2 is 1.90 bits per heavy atom. The van der Waals surface area contributed by atoms with E-state index in [0.717, 1.165) is 17.1 Å². The molecular formula is C16H24N2O3. The zero-order valence-corrected chi connectivity index (χ0v) is 12.9. The fourth-order valence-corrected chi connectivity index (χ4v) is 2.02. The van der Waals surface area contributed by atoms with Crippen molar-refractivity contribution in [1.29, 1.82) is 0 Å². The van der Waals surface area contributed by atoms with E-state index in [0.29, 0.717) is 32.2 Å². The molecule has 1 amide bonds. The molecule has 0 aromatic heterocycles. The van der Waals surface area contributed by atoms with Gasteiger partial charge in [-0.25, -0.2) is 0 Å². The molecule has 1 heterocycles. The van der Waals surface area contributed by atoms with Crippen molar-refractivity contribution >= 4 is 5.91 Å². The summed E-state index contributed by atoms with van der Waals surface area (Å²) in [6.45, 7) is 8.52. The summed E-state index contributed by atoms with van der Waals surface area (Å²) in [4.78, 5) is 11.9. The van der Waals surface area contributed by atoms with Crippen molar-refractivity contribution in [3.8, 4) is 11.5 Å². The Kier molecular flexibility index (Phi) is 5.44. The van der Waals surface area contributed by atoms with Gasteiger partial charge in [0, 0.05) is 13.1 Å². The van der Waals surface area contributed by atoms with Gasteiger partial charge >= 0.3 is 0 Å². The molecule has 1 unspecified atom stereocenters. The Balaban J connectivity index is 1.83. The Morgan fingerprint density at radius 3 is 2.62 bits per heavy atom. The fourth-order valence-electron chi connectivity index (χ4n) is 2.02. The van der Waals surface area contributed by atoms with Crippen molar-refractivity contribution in [3.05, 3.63) is 23.8 Å². The number of amides is 1. The van der Waals surface area contributed by atoms with Crippen molar-refractivity contribution in [2.45, 2.75) is 33.4 Å². The van der Waals surface area contributed by atoms with Gasteiger partial charge in [-0.05, 0) is 30.5 Å². The zero-order chi connectivity index (χ0) is 15.2. The summed E-state index contributed by atoms with van der Waals surface area (Å²) in [5, 5.41) is 6.14. The first-order valence-electron chi connectivity index (χ1n) is 7.46. The molecule has 1 atom stereocenters. The second kappa shape index (κ2) is 7.31. The number of hydrogen-bond donors (Lipinski definition) is 2. The largest absolute Gasteiger partial charge is 0.486 e. The molecule has 5 nitrogen and oxygen atoms in total. The van der Waals surface area contributed by atoms with Crippen LogP contribution in [0.4, 0.5) is 0 Å². The first-order valence-corrected chi connectivity index (χ1v) is 7.46. The van der Waals surface area contributed by atoms with Crippen molar-refractivity contribution in [3.63, 3.8) is 0 Å². The Morgan fingerprint density at radius 1 is 1.19 bits per heavy atom. The molecule has 1 aromatic rings. The summed E-state index contributed by atoms with van der Waals surface area (Å²) in [7, 11) is 0. The van der Waals surface area contributed by atoms with Crippen LogP contribution >= 0.6 is 0 Å². The van der Waals surface area contributed by atoms with Crippen molar-refractivity contribution in [2.24, 2.45) is 5.92 Å². The normalized spacial score (nSPS) is 14.9. The van der Waals surface area contributed by atoms with E-state index in [9.17, 15) is 4.79 Å². The van der Waals surface area contributed by atoms with E-state index in [1.165, 1.54) is 0 Å². The standard InChI is InChI=1S/C16H24N2O3/c1-11(2)9-18-16(19)12(3)17-10-13-4-5-14-15(8-13)21-7-6-20-14/h4-5,8,11-12,17H,6-7,9-10H2,1-3H3,(H,18,19). The molecule has 1 aromatic carbocycles. The zero-order valence-electron chi connectivity index (χ0n) is 12.9. The van der Waals surface area contributed by atoms with E-state index in [4.69, 9.17) is 9.47 Å². The lowest BCUT2D eigenvalue weighted by molar-refractivity contribution is -0.122. The van der Waals surface area contributed by atoms with Crippen molar-refractivity contribution < 1.29 is 14.3 Å². The number of ether oxygens (including phenoxy) is 2. The van der Waals surface area contributed by atoms with Gasteiger partial charge in [0.25, 0.3) is 0 Å². The second-order valence-electron chi connectivity index (χ2n) is 5.72. The molecule has 0 radical (unpaired) electrons. The first-order chi connectivity index (χ1) is 10.1. The quantitative estimate of drug-likeness (QED) is 0.838. The third-order valence-electron chi connectivity index (χ3n) is 3.30. The van der Waals surface area contributed by atoms with Gasteiger partial charge in [0.2, 0.25) is 5.91 Å². The summed E-state index contributed by atoms with van der Waals surface area (Å²) < 4.78 is 11.0. The van der Waals surface area contributed by atoms with Gasteiger partial charge in [-0.1, -0.05) is 19.9 Å². The van der Waals surface area contributed by atoms with Crippen LogP contribution in [-0.2, 0) is 11.3 Å². The van der Waals surface area contributed by atoms with Crippen LogP contribution in [0.15, 0.2) is 18.2 Å². The molecular weight excluding hydrogens is 268 g/mol. The number of rotatable bonds is 6. The molecule has 21 heavy (non-hydrogen) atoms. The molecule has 5 heteroatoms. The molecule has 0 aliphatic carbocycles. The van der Waals surface area contributed by atoms with Gasteiger partial charge in [-0.3, -0.25) is 4.79 Å². The molecule has 116 valence electrons. The number of carbonyl (C=O) groups is 1. The monoisotopic (exact) mass is 292 g/mol. The average molecular weight is 292 g/mol. The third kappa shape index (κ3) is 4.63. The van der Waals surface area contributed by atoms with Gasteiger partial charge in [0.1, 0.15) is 13.2 Å². The molecule has 0 saturated heterocycles. The molecule has 0 fully saturated rings. The Bertz CT molecular complexity index is 488. The third-order valence-corrected chi connectivity index (χ3v) is 3.30. The summed E-state index contributed by atoms with van der Waals surface area (Å²) in [5.74, 6) is 2.05. The number of benzene rings is 1. The van der Waals surface area contributed by atoms with Crippen molar-refractivity contribution in [2.75, 3.05) is 19.8 Å². The van der Waals surface area contributed by atoms with Gasteiger partial charge in [-0.15, -0.1) is 0 Å². The summed E-state index contributed by atoms with van der Waals surface area (Å²) in [6, 6.07) is 5.63. The highest BCUT2D eigenvalue weighted by Crippen LogP contribution is 2.30. The van der Waals surface area contributed by atoms with E-state index in [-0.39, 0.29) is 11.9 Å². The minimum Gasteiger partial charge on any atom is -0.486 e. The van der Waals surface area contributed by atoms with Crippen molar-refractivity contribution in [1.82, 2.24) is 10.6 Å². The van der Waals surface area contributed by atoms with E-state index < -0.39 is 0 Å². The highest BCUT2D eigenvalue weighted by Gasteiger charge is 2.14. The summed E-state index contributed by atoms with van der Waals surface area (Å²) >= 11 is 0. The molecule has 0 bridgehead atoms. The maximum absolute atomic E-state index is 11.9. The predicted octanol–water partition coefficient (Wildman–Crippen LogP) is 1.71. The maximum Gasteiger partial charge on any atom is 0.236 e. The lowest BCUT2D eigenvalue weighted by Crippen LogP contribution is -2.42. The number of fused-ring (bicyclic) bond motifs is 1. The minimum absolute atomic E-state index is 0.0289. The number of nitrogens with one attached hydrogen (secondary N) is 2. The smallest absolute Gasteiger partial charge is 0.236 e. The SMILES string of the molecule is CC(C)CNC(=O)C(C)NCc1ccc2c(c1)OCCO2. The van der Waals surface area contributed by atoms with Crippen LogP contribution in [0.2, 0.25) is 0 Å². The molecule has 1 aliphatic rings. The lowest BCUT2D eigenvalue weighted by Gasteiger charge is -2.19. The Hall–Kier alpha value is -1.75.